The average molecular weight is 201 g/mol. The highest BCUT2D eigenvalue weighted by Crippen LogP contribution is 2.21. The number of nitrogens with zero attached hydrogens (tertiary/aromatic N) is 2. The monoisotopic (exact) mass is 201 g/mol. The van der Waals surface area contributed by atoms with Gasteiger partial charge < -0.3 is 5.32 Å². The highest BCUT2D eigenvalue weighted by atomic mass is 32.2. The lowest BCUT2D eigenvalue weighted by molar-refractivity contribution is 0.686. The normalized spacial score (nSPS) is 23.8. The number of aromatic nitrogens is 2. The maximum atomic E-state index is 3.81. The van der Waals surface area contributed by atoms with Crippen molar-refractivity contribution in [3.05, 3.63) is 6.20 Å². The SMILES string of the molecule is c1nnsc1NC1CCCSC1. The molecule has 1 saturated heterocycles. The van der Waals surface area contributed by atoms with Crippen LogP contribution in [0.3, 0.4) is 0 Å². The summed E-state index contributed by atoms with van der Waals surface area (Å²) in [6, 6.07) is 0.631. The molecule has 0 spiro atoms. The number of nitrogens with one attached hydrogen (secondary N) is 1. The molecule has 5 heteroatoms. The van der Waals surface area contributed by atoms with Crippen molar-refractivity contribution in [2.45, 2.75) is 18.9 Å². The fourth-order valence-electron chi connectivity index (χ4n) is 1.29. The predicted molar refractivity (Wildman–Crippen MR) is 53.9 cm³/mol. The van der Waals surface area contributed by atoms with Gasteiger partial charge >= 0.3 is 0 Å². The van der Waals surface area contributed by atoms with Crippen LogP contribution in [0.25, 0.3) is 0 Å². The Morgan fingerprint density at radius 1 is 1.58 bits per heavy atom. The molecule has 66 valence electrons. The quantitative estimate of drug-likeness (QED) is 0.792. The van der Waals surface area contributed by atoms with Crippen molar-refractivity contribution in [2.24, 2.45) is 0 Å². The first kappa shape index (κ1) is 8.31. The van der Waals surface area contributed by atoms with E-state index in [1.165, 1.54) is 35.9 Å². The van der Waals surface area contributed by atoms with Gasteiger partial charge in [-0.25, -0.2) is 0 Å². The van der Waals surface area contributed by atoms with E-state index in [1.807, 2.05) is 11.8 Å². The summed E-state index contributed by atoms with van der Waals surface area (Å²) in [5, 5.41) is 8.32. The highest BCUT2D eigenvalue weighted by Gasteiger charge is 2.13. The van der Waals surface area contributed by atoms with E-state index in [9.17, 15) is 0 Å². The molecule has 0 bridgehead atoms. The zero-order valence-corrected chi connectivity index (χ0v) is 8.33. The first-order valence-corrected chi connectivity index (χ1v) is 5.99. The van der Waals surface area contributed by atoms with E-state index in [0.29, 0.717) is 6.04 Å². The minimum atomic E-state index is 0.631. The van der Waals surface area contributed by atoms with E-state index in [2.05, 4.69) is 14.9 Å². The van der Waals surface area contributed by atoms with Crippen LogP contribution in [-0.4, -0.2) is 27.1 Å². The third-order valence-electron chi connectivity index (χ3n) is 1.87. The lowest BCUT2D eigenvalue weighted by Crippen LogP contribution is -2.25. The number of hydrogen-bond donors (Lipinski definition) is 1. The standard InChI is InChI=1S/C7H11N3S2/c1-2-6(5-11-3-1)9-7-4-8-10-12-7/h4,6,9H,1-3,5H2. The van der Waals surface area contributed by atoms with E-state index < -0.39 is 0 Å². The van der Waals surface area contributed by atoms with Gasteiger partial charge in [0.25, 0.3) is 0 Å². The Morgan fingerprint density at radius 2 is 2.58 bits per heavy atom. The molecule has 1 aromatic heterocycles. The van der Waals surface area contributed by atoms with Crippen LogP contribution < -0.4 is 5.32 Å². The third-order valence-corrected chi connectivity index (χ3v) is 3.68. The minimum Gasteiger partial charge on any atom is -0.371 e. The molecule has 1 N–H and O–H groups in total. The molecule has 1 aliphatic rings. The highest BCUT2D eigenvalue weighted by molar-refractivity contribution is 7.99. The Morgan fingerprint density at radius 3 is 3.25 bits per heavy atom. The molecule has 0 saturated carbocycles. The zero-order valence-electron chi connectivity index (χ0n) is 6.69. The first-order chi connectivity index (χ1) is 5.95. The molecule has 0 amide bonds. The molecule has 2 rings (SSSR count). The van der Waals surface area contributed by atoms with Crippen LogP contribution in [0.4, 0.5) is 5.00 Å². The summed E-state index contributed by atoms with van der Waals surface area (Å²) >= 11 is 3.46. The van der Waals surface area contributed by atoms with Crippen molar-refractivity contribution in [1.82, 2.24) is 9.59 Å². The molecule has 1 fully saturated rings. The Balaban J connectivity index is 1.86. The lowest BCUT2D eigenvalue weighted by atomic mass is 10.2. The smallest absolute Gasteiger partial charge is 0.130 e. The molecular formula is C7H11N3S2. The van der Waals surface area contributed by atoms with Crippen LogP contribution in [0.1, 0.15) is 12.8 Å². The molecule has 1 aromatic rings. The van der Waals surface area contributed by atoms with Gasteiger partial charge in [0.05, 0.1) is 6.20 Å². The number of rotatable bonds is 2. The van der Waals surface area contributed by atoms with E-state index in [-0.39, 0.29) is 0 Å². The molecule has 12 heavy (non-hydrogen) atoms. The van der Waals surface area contributed by atoms with Gasteiger partial charge in [0, 0.05) is 23.3 Å². The molecule has 1 aliphatic heterocycles. The Labute approximate surface area is 80.1 Å². The van der Waals surface area contributed by atoms with E-state index in [0.717, 1.165) is 5.00 Å². The summed E-state index contributed by atoms with van der Waals surface area (Å²) in [7, 11) is 0. The zero-order chi connectivity index (χ0) is 8.23. The fraction of sp³-hybridized carbons (Fsp3) is 0.714. The maximum absolute atomic E-state index is 3.81. The topological polar surface area (TPSA) is 37.8 Å². The third kappa shape index (κ3) is 2.10. The van der Waals surface area contributed by atoms with E-state index >= 15 is 0 Å². The van der Waals surface area contributed by atoms with Gasteiger partial charge in [-0.3, -0.25) is 0 Å². The van der Waals surface area contributed by atoms with E-state index in [1.54, 1.807) is 6.20 Å². The maximum Gasteiger partial charge on any atom is 0.130 e. The Bertz CT molecular complexity index is 219. The second-order valence-electron chi connectivity index (χ2n) is 2.84. The van der Waals surface area contributed by atoms with Crippen LogP contribution >= 0.6 is 23.3 Å². The second-order valence-corrected chi connectivity index (χ2v) is 4.78. The van der Waals surface area contributed by atoms with Crippen LogP contribution in [0.5, 0.6) is 0 Å². The van der Waals surface area contributed by atoms with Gasteiger partial charge in [-0.2, -0.15) is 11.8 Å². The van der Waals surface area contributed by atoms with Crippen LogP contribution in [-0.2, 0) is 0 Å². The fourth-order valence-corrected chi connectivity index (χ4v) is 2.85. The Hall–Kier alpha value is -0.290. The molecule has 0 aromatic carbocycles. The molecule has 0 radical (unpaired) electrons. The van der Waals surface area contributed by atoms with Gasteiger partial charge in [-0.1, -0.05) is 4.49 Å². The number of anilines is 1. The Kier molecular flexibility index (Phi) is 2.83. The van der Waals surface area contributed by atoms with Gasteiger partial charge in [-0.15, -0.1) is 5.10 Å². The summed E-state index contributed by atoms with van der Waals surface area (Å²) in [5.41, 5.74) is 0. The molecule has 3 nitrogen and oxygen atoms in total. The minimum absolute atomic E-state index is 0.631. The summed E-state index contributed by atoms with van der Waals surface area (Å²) < 4.78 is 3.81. The van der Waals surface area contributed by atoms with Crippen molar-refractivity contribution >= 4 is 28.3 Å². The summed E-state index contributed by atoms with van der Waals surface area (Å²) in [6.07, 6.45) is 4.41. The van der Waals surface area contributed by atoms with Gasteiger partial charge in [0.1, 0.15) is 5.00 Å². The van der Waals surface area contributed by atoms with Crippen molar-refractivity contribution in [2.75, 3.05) is 16.8 Å². The molecule has 1 atom stereocenters. The van der Waals surface area contributed by atoms with Gasteiger partial charge in [-0.05, 0) is 18.6 Å². The molecule has 0 aliphatic carbocycles. The summed E-state index contributed by atoms with van der Waals surface area (Å²) in [4.78, 5) is 0. The predicted octanol–water partition coefficient (Wildman–Crippen LogP) is 1.85. The molecule has 2 heterocycles. The molecular weight excluding hydrogens is 190 g/mol. The van der Waals surface area contributed by atoms with Crippen molar-refractivity contribution in [1.29, 1.82) is 0 Å². The largest absolute Gasteiger partial charge is 0.371 e. The van der Waals surface area contributed by atoms with Crippen molar-refractivity contribution in [3.8, 4) is 0 Å². The van der Waals surface area contributed by atoms with Gasteiger partial charge in [0.15, 0.2) is 0 Å². The van der Waals surface area contributed by atoms with Gasteiger partial charge in [0.2, 0.25) is 0 Å². The van der Waals surface area contributed by atoms with Crippen LogP contribution in [0.15, 0.2) is 6.20 Å². The van der Waals surface area contributed by atoms with E-state index in [4.69, 9.17) is 0 Å². The average Bonchev–Trinajstić information content (AvgIpc) is 2.59. The lowest BCUT2D eigenvalue weighted by Gasteiger charge is -2.21. The van der Waals surface area contributed by atoms with Crippen molar-refractivity contribution in [3.63, 3.8) is 0 Å². The molecule has 1 unspecified atom stereocenters. The van der Waals surface area contributed by atoms with Crippen molar-refractivity contribution < 1.29 is 0 Å². The summed E-state index contributed by atoms with van der Waals surface area (Å²) in [6.45, 7) is 0. The van der Waals surface area contributed by atoms with Crippen LogP contribution in [0, 0.1) is 0 Å². The second kappa shape index (κ2) is 4.09. The number of thioether (sulfide) groups is 1. The van der Waals surface area contributed by atoms with Crippen LogP contribution in [0.2, 0.25) is 0 Å². The number of hydrogen-bond acceptors (Lipinski definition) is 5. The first-order valence-electron chi connectivity index (χ1n) is 4.07. The summed E-state index contributed by atoms with van der Waals surface area (Å²) in [5.74, 6) is 2.54.